The van der Waals surface area contributed by atoms with Gasteiger partial charge in [-0.2, -0.15) is 5.10 Å². The molecule has 3 rings (SSSR count). The Hall–Kier alpha value is -2.81. The van der Waals surface area contributed by atoms with E-state index in [1.807, 2.05) is 61.5 Å². The molecule has 0 radical (unpaired) electrons. The van der Waals surface area contributed by atoms with Gasteiger partial charge in [0.05, 0.1) is 11.9 Å². The summed E-state index contributed by atoms with van der Waals surface area (Å²) in [5, 5.41) is 16.3. The maximum Gasteiger partial charge on any atom is 0.125 e. The minimum atomic E-state index is 0.225. The number of aryl methyl sites for hydroxylation is 1. The van der Waals surface area contributed by atoms with Crippen molar-refractivity contribution in [1.82, 2.24) is 0 Å². The largest absolute Gasteiger partial charge is 0.507 e. The van der Waals surface area contributed by atoms with Crippen LogP contribution in [0.2, 0.25) is 0 Å². The zero-order chi connectivity index (χ0) is 14.7. The predicted octanol–water partition coefficient (Wildman–Crippen LogP) is 4.30. The third-order valence-electron chi connectivity index (χ3n) is 3.35. The molecular formula is C18H16N2O. The number of hydrogen-bond donors (Lipinski definition) is 2. The van der Waals surface area contributed by atoms with Crippen molar-refractivity contribution in [2.45, 2.75) is 6.92 Å². The molecule has 3 heteroatoms. The minimum Gasteiger partial charge on any atom is -0.507 e. The molecule has 0 spiro atoms. The monoisotopic (exact) mass is 276 g/mol. The second-order valence-corrected chi connectivity index (χ2v) is 4.96. The zero-order valence-corrected chi connectivity index (χ0v) is 11.7. The summed E-state index contributed by atoms with van der Waals surface area (Å²) in [5.41, 5.74) is 5.79. The van der Waals surface area contributed by atoms with Gasteiger partial charge in [0.25, 0.3) is 0 Å². The molecule has 0 heterocycles. The Morgan fingerprint density at radius 2 is 1.86 bits per heavy atom. The number of fused-ring (bicyclic) bond motifs is 1. The molecule has 0 unspecified atom stereocenters. The maximum absolute atomic E-state index is 10.0. The van der Waals surface area contributed by atoms with E-state index in [0.29, 0.717) is 5.56 Å². The summed E-state index contributed by atoms with van der Waals surface area (Å²) >= 11 is 0. The number of benzene rings is 3. The highest BCUT2D eigenvalue weighted by molar-refractivity contribution is 6.02. The lowest BCUT2D eigenvalue weighted by atomic mass is 10.0. The fourth-order valence-electron chi connectivity index (χ4n) is 2.31. The van der Waals surface area contributed by atoms with Gasteiger partial charge in [-0.1, -0.05) is 42.5 Å². The molecule has 0 saturated carbocycles. The Morgan fingerprint density at radius 1 is 1.00 bits per heavy atom. The molecule has 0 aliphatic heterocycles. The molecule has 0 aromatic heterocycles. The summed E-state index contributed by atoms with van der Waals surface area (Å²) in [7, 11) is 0. The molecule has 0 saturated heterocycles. The maximum atomic E-state index is 10.0. The highest BCUT2D eigenvalue weighted by atomic mass is 16.3. The number of aromatic hydroxyl groups is 1. The van der Waals surface area contributed by atoms with E-state index in [4.69, 9.17) is 0 Å². The number of hydrogen-bond acceptors (Lipinski definition) is 3. The molecule has 0 aliphatic carbocycles. The van der Waals surface area contributed by atoms with Crippen molar-refractivity contribution >= 4 is 22.7 Å². The van der Waals surface area contributed by atoms with Crippen molar-refractivity contribution in [3.05, 3.63) is 71.8 Å². The van der Waals surface area contributed by atoms with Crippen LogP contribution in [0.25, 0.3) is 10.8 Å². The number of hydrazone groups is 1. The van der Waals surface area contributed by atoms with Gasteiger partial charge < -0.3 is 5.11 Å². The molecule has 3 aromatic carbocycles. The molecule has 0 fully saturated rings. The van der Waals surface area contributed by atoms with Crippen LogP contribution in [0.3, 0.4) is 0 Å². The summed E-state index contributed by atoms with van der Waals surface area (Å²) in [6, 6.07) is 19.5. The van der Waals surface area contributed by atoms with Crippen LogP contribution < -0.4 is 5.43 Å². The first-order chi connectivity index (χ1) is 10.2. The van der Waals surface area contributed by atoms with Gasteiger partial charge in [0.2, 0.25) is 0 Å². The van der Waals surface area contributed by atoms with E-state index >= 15 is 0 Å². The first-order valence-corrected chi connectivity index (χ1v) is 6.80. The normalized spacial score (nSPS) is 11.1. The van der Waals surface area contributed by atoms with E-state index in [1.165, 1.54) is 5.56 Å². The van der Waals surface area contributed by atoms with E-state index in [-0.39, 0.29) is 5.75 Å². The lowest BCUT2D eigenvalue weighted by Crippen LogP contribution is -1.92. The number of nitrogens with zero attached hydrogens (tertiary/aromatic N) is 1. The predicted molar refractivity (Wildman–Crippen MR) is 88.0 cm³/mol. The van der Waals surface area contributed by atoms with Gasteiger partial charge in [-0.25, -0.2) is 0 Å². The Kier molecular flexibility index (Phi) is 3.56. The fraction of sp³-hybridized carbons (Fsp3) is 0.0556. The van der Waals surface area contributed by atoms with Crippen LogP contribution in [-0.4, -0.2) is 11.3 Å². The van der Waals surface area contributed by atoms with Gasteiger partial charge in [0.15, 0.2) is 0 Å². The Morgan fingerprint density at radius 3 is 2.71 bits per heavy atom. The third kappa shape index (κ3) is 2.87. The Balaban J connectivity index is 1.91. The summed E-state index contributed by atoms with van der Waals surface area (Å²) in [4.78, 5) is 0. The number of phenolic OH excluding ortho intramolecular Hbond substituents is 1. The van der Waals surface area contributed by atoms with Crippen LogP contribution in [0, 0.1) is 6.92 Å². The molecule has 0 bridgehead atoms. The molecule has 0 aliphatic rings. The van der Waals surface area contributed by atoms with Gasteiger partial charge in [-0.3, -0.25) is 5.43 Å². The molecule has 0 amide bonds. The number of anilines is 1. The SMILES string of the molecule is Cc1cccc(N/N=C/c2c(O)ccc3ccccc23)c1. The highest BCUT2D eigenvalue weighted by Crippen LogP contribution is 2.25. The van der Waals surface area contributed by atoms with Crippen LogP contribution in [0.15, 0.2) is 65.8 Å². The highest BCUT2D eigenvalue weighted by Gasteiger charge is 2.03. The van der Waals surface area contributed by atoms with Crippen molar-refractivity contribution in [2.75, 3.05) is 5.43 Å². The van der Waals surface area contributed by atoms with E-state index in [0.717, 1.165) is 16.5 Å². The average Bonchev–Trinajstić information content (AvgIpc) is 2.50. The second kappa shape index (κ2) is 5.67. The molecule has 3 aromatic rings. The van der Waals surface area contributed by atoms with E-state index in [9.17, 15) is 5.11 Å². The standard InChI is InChI=1S/C18H16N2O/c1-13-5-4-7-15(11-13)20-19-12-17-16-8-3-2-6-14(16)9-10-18(17)21/h2-12,20-21H,1H3/b19-12+. The number of nitrogens with one attached hydrogen (secondary N) is 1. The smallest absolute Gasteiger partial charge is 0.125 e. The average molecular weight is 276 g/mol. The van der Waals surface area contributed by atoms with Gasteiger partial charge in [0.1, 0.15) is 5.75 Å². The summed E-state index contributed by atoms with van der Waals surface area (Å²) in [6.07, 6.45) is 1.65. The summed E-state index contributed by atoms with van der Waals surface area (Å²) in [5.74, 6) is 0.225. The summed E-state index contributed by atoms with van der Waals surface area (Å²) in [6.45, 7) is 2.03. The van der Waals surface area contributed by atoms with E-state index < -0.39 is 0 Å². The molecular weight excluding hydrogens is 260 g/mol. The minimum absolute atomic E-state index is 0.225. The van der Waals surface area contributed by atoms with Crippen molar-refractivity contribution in [1.29, 1.82) is 0 Å². The second-order valence-electron chi connectivity index (χ2n) is 4.96. The van der Waals surface area contributed by atoms with Crippen molar-refractivity contribution in [3.8, 4) is 5.75 Å². The number of phenols is 1. The Labute approximate surface area is 123 Å². The first kappa shape index (κ1) is 13.2. The topological polar surface area (TPSA) is 44.6 Å². The van der Waals surface area contributed by atoms with Crippen molar-refractivity contribution in [3.63, 3.8) is 0 Å². The van der Waals surface area contributed by atoms with Crippen molar-refractivity contribution in [2.24, 2.45) is 5.10 Å². The summed E-state index contributed by atoms with van der Waals surface area (Å²) < 4.78 is 0. The van der Waals surface area contributed by atoms with E-state index in [1.54, 1.807) is 12.3 Å². The van der Waals surface area contributed by atoms with Crippen LogP contribution in [0.5, 0.6) is 5.75 Å². The quantitative estimate of drug-likeness (QED) is 0.553. The van der Waals surface area contributed by atoms with Gasteiger partial charge in [0, 0.05) is 5.56 Å². The van der Waals surface area contributed by atoms with Gasteiger partial charge in [-0.15, -0.1) is 0 Å². The lowest BCUT2D eigenvalue weighted by Gasteiger charge is -2.05. The molecule has 21 heavy (non-hydrogen) atoms. The molecule has 0 atom stereocenters. The van der Waals surface area contributed by atoms with Crippen molar-refractivity contribution < 1.29 is 5.11 Å². The molecule has 104 valence electrons. The van der Waals surface area contributed by atoms with Gasteiger partial charge >= 0.3 is 0 Å². The molecule has 2 N–H and O–H groups in total. The zero-order valence-electron chi connectivity index (χ0n) is 11.7. The lowest BCUT2D eigenvalue weighted by molar-refractivity contribution is 0.475. The van der Waals surface area contributed by atoms with Crippen LogP contribution in [0.1, 0.15) is 11.1 Å². The Bertz CT molecular complexity index is 809. The van der Waals surface area contributed by atoms with Crippen LogP contribution in [-0.2, 0) is 0 Å². The third-order valence-corrected chi connectivity index (χ3v) is 3.35. The van der Waals surface area contributed by atoms with Gasteiger partial charge in [-0.05, 0) is 41.5 Å². The molecule has 3 nitrogen and oxygen atoms in total. The van der Waals surface area contributed by atoms with Crippen LogP contribution in [0.4, 0.5) is 5.69 Å². The fourth-order valence-corrected chi connectivity index (χ4v) is 2.31. The van der Waals surface area contributed by atoms with E-state index in [2.05, 4.69) is 10.5 Å². The van der Waals surface area contributed by atoms with Crippen LogP contribution >= 0.6 is 0 Å². The first-order valence-electron chi connectivity index (χ1n) is 6.80. The number of rotatable bonds is 3.